The number of hydrogen-bond acceptors (Lipinski definition) is 5. The number of halogens is 1. The van der Waals surface area contributed by atoms with Crippen molar-refractivity contribution in [1.29, 1.82) is 0 Å². The van der Waals surface area contributed by atoms with Crippen molar-refractivity contribution in [3.63, 3.8) is 0 Å². The molecule has 23 heavy (non-hydrogen) atoms. The second-order valence-electron chi connectivity index (χ2n) is 5.08. The van der Waals surface area contributed by atoms with Crippen LogP contribution in [0.25, 0.3) is 0 Å². The van der Waals surface area contributed by atoms with Gasteiger partial charge in [0.2, 0.25) is 5.89 Å². The summed E-state index contributed by atoms with van der Waals surface area (Å²) in [6.45, 7) is 2.07. The monoisotopic (exact) mass is 346 g/mol. The number of thioether (sulfide) groups is 1. The normalized spacial score (nSPS) is 12.3. The highest BCUT2D eigenvalue weighted by Gasteiger charge is 2.18. The van der Waals surface area contributed by atoms with Crippen LogP contribution in [-0.4, -0.2) is 15.3 Å². The Hall–Kier alpha value is -1.82. The highest BCUT2D eigenvalue weighted by Crippen LogP contribution is 2.27. The van der Waals surface area contributed by atoms with Gasteiger partial charge in [-0.15, -0.1) is 10.2 Å². The van der Waals surface area contributed by atoms with E-state index in [2.05, 4.69) is 29.3 Å². The minimum atomic E-state index is -0.951. The van der Waals surface area contributed by atoms with Gasteiger partial charge in [0.05, 0.1) is 0 Å². The third kappa shape index (κ3) is 3.93. The predicted molar refractivity (Wildman–Crippen MR) is 90.6 cm³/mol. The molecule has 0 aliphatic carbocycles. The molecule has 0 spiro atoms. The van der Waals surface area contributed by atoms with Crippen molar-refractivity contribution in [3.05, 3.63) is 76.1 Å². The van der Waals surface area contributed by atoms with Crippen LogP contribution < -0.4 is 0 Å². The van der Waals surface area contributed by atoms with Crippen molar-refractivity contribution < 1.29 is 9.52 Å². The van der Waals surface area contributed by atoms with Gasteiger partial charge in [-0.3, -0.25) is 0 Å². The van der Waals surface area contributed by atoms with Gasteiger partial charge in [-0.2, -0.15) is 0 Å². The quantitative estimate of drug-likeness (QED) is 0.693. The summed E-state index contributed by atoms with van der Waals surface area (Å²) in [5.41, 5.74) is 3.10. The molecular weight excluding hydrogens is 332 g/mol. The maximum absolute atomic E-state index is 10.3. The predicted octanol–water partition coefficient (Wildman–Crippen LogP) is 4.41. The lowest BCUT2D eigenvalue weighted by molar-refractivity contribution is 0.176. The van der Waals surface area contributed by atoms with Crippen LogP contribution in [0.15, 0.2) is 58.2 Å². The first-order chi connectivity index (χ1) is 11.1. The number of hydrogen-bond donors (Lipinski definition) is 1. The molecule has 3 aromatic rings. The zero-order valence-corrected chi connectivity index (χ0v) is 14.0. The van der Waals surface area contributed by atoms with Gasteiger partial charge in [0.15, 0.2) is 6.10 Å². The lowest BCUT2D eigenvalue weighted by Gasteiger charge is -2.06. The molecule has 1 aromatic heterocycles. The molecule has 0 aliphatic rings. The van der Waals surface area contributed by atoms with E-state index in [0.717, 1.165) is 5.75 Å². The smallest absolute Gasteiger partial charge is 0.277 e. The topological polar surface area (TPSA) is 59.2 Å². The van der Waals surface area contributed by atoms with E-state index in [1.165, 1.54) is 22.9 Å². The number of aryl methyl sites for hydroxylation is 1. The molecule has 2 aromatic carbocycles. The summed E-state index contributed by atoms with van der Waals surface area (Å²) >= 11 is 7.29. The lowest BCUT2D eigenvalue weighted by Crippen LogP contribution is -1.99. The van der Waals surface area contributed by atoms with Gasteiger partial charge in [0, 0.05) is 10.8 Å². The molecule has 0 amide bonds. The Bertz CT molecular complexity index is 789. The Balaban J connectivity index is 1.68. The van der Waals surface area contributed by atoms with E-state index in [9.17, 15) is 5.11 Å². The summed E-state index contributed by atoms with van der Waals surface area (Å²) in [6, 6.07) is 15.0. The number of benzene rings is 2. The van der Waals surface area contributed by atoms with E-state index in [1.807, 2.05) is 12.1 Å². The van der Waals surface area contributed by atoms with Crippen LogP contribution in [0.5, 0.6) is 0 Å². The summed E-state index contributed by atoms with van der Waals surface area (Å²) in [5.74, 6) is 0.922. The van der Waals surface area contributed by atoms with E-state index >= 15 is 0 Å². The minimum Gasteiger partial charge on any atom is -0.413 e. The van der Waals surface area contributed by atoms with Crippen LogP contribution in [0.4, 0.5) is 0 Å². The molecule has 1 N–H and O–H groups in total. The molecule has 0 saturated heterocycles. The summed E-state index contributed by atoms with van der Waals surface area (Å²) in [5, 5.41) is 19.2. The Morgan fingerprint density at radius 3 is 2.61 bits per heavy atom. The Labute approximate surface area is 143 Å². The van der Waals surface area contributed by atoms with E-state index in [0.29, 0.717) is 15.8 Å². The standard InChI is InChI=1S/C17H15ClN2O2S/c1-11-4-2-3-5-13(11)10-23-17-20-19-16(22-17)15(21)12-6-8-14(18)9-7-12/h2-9,15,21H,10H2,1H3/t15-/m0/s1. The molecule has 1 heterocycles. The van der Waals surface area contributed by atoms with Crippen molar-refractivity contribution in [3.8, 4) is 0 Å². The van der Waals surface area contributed by atoms with Crippen LogP contribution in [0.3, 0.4) is 0 Å². The molecule has 4 nitrogen and oxygen atoms in total. The Kier molecular flexibility index (Phi) is 5.00. The molecule has 0 saturated carbocycles. The van der Waals surface area contributed by atoms with Gasteiger partial charge >= 0.3 is 0 Å². The van der Waals surface area contributed by atoms with Gasteiger partial charge in [-0.25, -0.2) is 0 Å². The van der Waals surface area contributed by atoms with Crippen LogP contribution in [-0.2, 0) is 5.75 Å². The van der Waals surface area contributed by atoms with Gasteiger partial charge < -0.3 is 9.52 Å². The first kappa shape index (κ1) is 16.1. The highest BCUT2D eigenvalue weighted by atomic mass is 35.5. The SMILES string of the molecule is Cc1ccccc1CSc1nnc([C@@H](O)c2ccc(Cl)cc2)o1. The van der Waals surface area contributed by atoms with Gasteiger partial charge in [-0.1, -0.05) is 59.8 Å². The van der Waals surface area contributed by atoms with E-state index in [4.69, 9.17) is 16.0 Å². The minimum absolute atomic E-state index is 0.180. The van der Waals surface area contributed by atoms with E-state index in [1.54, 1.807) is 24.3 Å². The lowest BCUT2D eigenvalue weighted by atomic mass is 10.1. The zero-order chi connectivity index (χ0) is 16.2. The maximum atomic E-state index is 10.3. The third-order valence-electron chi connectivity index (χ3n) is 3.45. The number of rotatable bonds is 5. The summed E-state index contributed by atoms with van der Waals surface area (Å²) in [4.78, 5) is 0. The average molecular weight is 347 g/mol. The van der Waals surface area contributed by atoms with Crippen molar-refractivity contribution in [2.45, 2.75) is 24.0 Å². The van der Waals surface area contributed by atoms with Crippen molar-refractivity contribution in [1.82, 2.24) is 10.2 Å². The summed E-state index contributed by atoms with van der Waals surface area (Å²) < 4.78 is 5.55. The zero-order valence-electron chi connectivity index (χ0n) is 12.4. The molecule has 0 radical (unpaired) electrons. The second-order valence-corrected chi connectivity index (χ2v) is 6.44. The first-order valence-electron chi connectivity index (χ1n) is 7.08. The number of nitrogens with zero attached hydrogens (tertiary/aromatic N) is 2. The average Bonchev–Trinajstić information content (AvgIpc) is 3.03. The number of aliphatic hydroxyl groups is 1. The summed E-state index contributed by atoms with van der Waals surface area (Å²) in [6.07, 6.45) is -0.951. The molecule has 0 aliphatic heterocycles. The Morgan fingerprint density at radius 2 is 1.87 bits per heavy atom. The second kappa shape index (κ2) is 7.17. The van der Waals surface area contributed by atoms with Gasteiger partial charge in [0.1, 0.15) is 0 Å². The maximum Gasteiger partial charge on any atom is 0.277 e. The van der Waals surface area contributed by atoms with E-state index < -0.39 is 6.10 Å². The third-order valence-corrected chi connectivity index (χ3v) is 4.57. The highest BCUT2D eigenvalue weighted by molar-refractivity contribution is 7.98. The molecule has 0 bridgehead atoms. The molecule has 118 valence electrons. The van der Waals surface area contributed by atoms with Gasteiger partial charge in [0.25, 0.3) is 5.22 Å². The fourth-order valence-electron chi connectivity index (χ4n) is 2.09. The van der Waals surface area contributed by atoms with Crippen molar-refractivity contribution in [2.75, 3.05) is 0 Å². The molecule has 0 unspecified atom stereocenters. The molecule has 3 rings (SSSR count). The molecule has 0 fully saturated rings. The largest absolute Gasteiger partial charge is 0.413 e. The van der Waals surface area contributed by atoms with Gasteiger partial charge in [-0.05, 0) is 35.7 Å². The van der Waals surface area contributed by atoms with Crippen molar-refractivity contribution in [2.24, 2.45) is 0 Å². The summed E-state index contributed by atoms with van der Waals surface area (Å²) in [7, 11) is 0. The van der Waals surface area contributed by atoms with E-state index in [-0.39, 0.29) is 5.89 Å². The number of aromatic nitrogens is 2. The Morgan fingerprint density at radius 1 is 1.13 bits per heavy atom. The van der Waals surface area contributed by atoms with Crippen LogP contribution in [0.2, 0.25) is 5.02 Å². The molecule has 1 atom stereocenters. The van der Waals surface area contributed by atoms with Crippen LogP contribution in [0.1, 0.15) is 28.7 Å². The van der Waals surface area contributed by atoms with Crippen LogP contribution >= 0.6 is 23.4 Å². The van der Waals surface area contributed by atoms with Crippen molar-refractivity contribution >= 4 is 23.4 Å². The number of aliphatic hydroxyl groups excluding tert-OH is 1. The fraction of sp³-hybridized carbons (Fsp3) is 0.176. The molecule has 6 heteroatoms. The molecular formula is C17H15ClN2O2S. The fourth-order valence-corrected chi connectivity index (χ4v) is 3.06. The first-order valence-corrected chi connectivity index (χ1v) is 8.44. The van der Waals surface area contributed by atoms with Crippen LogP contribution in [0, 0.1) is 6.92 Å².